The van der Waals surface area contributed by atoms with E-state index in [1.54, 1.807) is 13.0 Å². The highest BCUT2D eigenvalue weighted by Crippen LogP contribution is 2.31. The van der Waals surface area contributed by atoms with Crippen molar-refractivity contribution in [3.8, 4) is 0 Å². The van der Waals surface area contributed by atoms with Crippen LogP contribution >= 0.6 is 11.8 Å². The van der Waals surface area contributed by atoms with Crippen LogP contribution in [0.3, 0.4) is 0 Å². The van der Waals surface area contributed by atoms with Gasteiger partial charge in [0.15, 0.2) is 0 Å². The number of H-pyrrole nitrogens is 1. The minimum Gasteiger partial charge on any atom is -0.398 e. The summed E-state index contributed by atoms with van der Waals surface area (Å²) in [5, 5.41) is 7.17. The van der Waals surface area contributed by atoms with E-state index < -0.39 is 10.0 Å². The molecule has 4 N–H and O–H groups in total. The summed E-state index contributed by atoms with van der Waals surface area (Å²) in [7, 11) is -2.13. The molecule has 0 aliphatic heterocycles. The van der Waals surface area contributed by atoms with Crippen LogP contribution in [-0.4, -0.2) is 30.6 Å². The summed E-state index contributed by atoms with van der Waals surface area (Å²) in [5.41, 5.74) is 6.30. The third-order valence-corrected chi connectivity index (χ3v) is 4.69. The molecule has 0 saturated heterocycles. The number of hydrogen-bond donors (Lipinski definition) is 3. The molecule has 2 aromatic rings. The number of anilines is 1. The Morgan fingerprint density at radius 3 is 2.74 bits per heavy atom. The predicted molar refractivity (Wildman–Crippen MR) is 72.3 cm³/mol. The molecular formula is C10H13N5O2S2. The number of nitrogens with two attached hydrogens (primary N) is 1. The van der Waals surface area contributed by atoms with Crippen molar-refractivity contribution in [1.82, 2.24) is 19.9 Å². The standard InChI is InChI=1S/C10H13N5O2S2/c1-6-13-10(15-14-6)18-9-5-7(3-4-8(9)11)19(16,17)12-2/h3-5,12H,11H2,1-2H3,(H,13,14,15). The van der Waals surface area contributed by atoms with Gasteiger partial charge in [0.05, 0.1) is 4.90 Å². The Morgan fingerprint density at radius 2 is 2.16 bits per heavy atom. The van der Waals surface area contributed by atoms with Crippen LogP contribution in [-0.2, 0) is 10.0 Å². The van der Waals surface area contributed by atoms with E-state index in [2.05, 4.69) is 19.9 Å². The van der Waals surface area contributed by atoms with E-state index in [0.717, 1.165) is 0 Å². The zero-order valence-electron chi connectivity index (χ0n) is 10.3. The number of aromatic nitrogens is 3. The first-order valence-electron chi connectivity index (χ1n) is 5.32. The molecule has 0 saturated carbocycles. The van der Waals surface area contributed by atoms with Crippen molar-refractivity contribution in [2.24, 2.45) is 0 Å². The first-order chi connectivity index (χ1) is 8.92. The molecule has 0 radical (unpaired) electrons. The Labute approximate surface area is 115 Å². The molecule has 0 amide bonds. The lowest BCUT2D eigenvalue weighted by Crippen LogP contribution is -2.18. The van der Waals surface area contributed by atoms with E-state index in [4.69, 9.17) is 5.73 Å². The predicted octanol–water partition coefficient (Wildman–Crippen LogP) is 0.755. The smallest absolute Gasteiger partial charge is 0.240 e. The minimum absolute atomic E-state index is 0.152. The van der Waals surface area contributed by atoms with Crippen LogP contribution in [0.5, 0.6) is 0 Å². The Kier molecular flexibility index (Phi) is 3.78. The van der Waals surface area contributed by atoms with Crippen LogP contribution in [0.25, 0.3) is 0 Å². The fraction of sp³-hybridized carbons (Fsp3) is 0.200. The molecule has 0 unspecified atom stereocenters. The van der Waals surface area contributed by atoms with Gasteiger partial charge in [0.25, 0.3) is 0 Å². The van der Waals surface area contributed by atoms with Crippen LogP contribution in [0.2, 0.25) is 0 Å². The van der Waals surface area contributed by atoms with Crippen molar-refractivity contribution in [1.29, 1.82) is 0 Å². The van der Waals surface area contributed by atoms with Crippen molar-refractivity contribution in [3.05, 3.63) is 24.0 Å². The fourth-order valence-corrected chi connectivity index (χ4v) is 3.03. The average Bonchev–Trinajstić information content (AvgIpc) is 2.77. The van der Waals surface area contributed by atoms with Gasteiger partial charge in [0, 0.05) is 10.6 Å². The molecular weight excluding hydrogens is 286 g/mol. The Balaban J connectivity index is 2.38. The van der Waals surface area contributed by atoms with E-state index in [1.807, 2.05) is 0 Å². The van der Waals surface area contributed by atoms with Crippen LogP contribution in [0, 0.1) is 6.92 Å². The van der Waals surface area contributed by atoms with E-state index in [0.29, 0.717) is 21.6 Å². The third kappa shape index (κ3) is 3.06. The van der Waals surface area contributed by atoms with Crippen LogP contribution in [0.4, 0.5) is 5.69 Å². The average molecular weight is 299 g/mol. The molecule has 1 aromatic heterocycles. The lowest BCUT2D eigenvalue weighted by atomic mass is 10.3. The van der Waals surface area contributed by atoms with Gasteiger partial charge in [-0.3, -0.25) is 5.10 Å². The second kappa shape index (κ2) is 5.19. The molecule has 19 heavy (non-hydrogen) atoms. The number of rotatable bonds is 4. The number of aryl methyl sites for hydroxylation is 1. The van der Waals surface area contributed by atoms with Gasteiger partial charge in [-0.2, -0.15) is 0 Å². The highest BCUT2D eigenvalue weighted by Gasteiger charge is 2.14. The SMILES string of the molecule is CNS(=O)(=O)c1ccc(N)c(Sc2n[nH]c(C)n2)c1. The van der Waals surface area contributed by atoms with Gasteiger partial charge >= 0.3 is 0 Å². The molecule has 0 spiro atoms. The summed E-state index contributed by atoms with van der Waals surface area (Å²) in [6, 6.07) is 4.50. The molecule has 0 aliphatic rings. The Bertz CT molecular complexity index is 696. The number of aromatic amines is 1. The van der Waals surface area contributed by atoms with Gasteiger partial charge in [-0.05, 0) is 43.9 Å². The zero-order valence-corrected chi connectivity index (χ0v) is 12.0. The molecule has 0 bridgehead atoms. The van der Waals surface area contributed by atoms with Gasteiger partial charge in [-0.15, -0.1) is 5.10 Å². The van der Waals surface area contributed by atoms with Crippen molar-refractivity contribution < 1.29 is 8.42 Å². The summed E-state index contributed by atoms with van der Waals surface area (Å²) < 4.78 is 25.7. The fourth-order valence-electron chi connectivity index (χ4n) is 1.35. The van der Waals surface area contributed by atoms with Gasteiger partial charge < -0.3 is 5.73 Å². The normalized spacial score (nSPS) is 11.7. The second-order valence-electron chi connectivity index (χ2n) is 3.71. The molecule has 0 fully saturated rings. The van der Waals surface area contributed by atoms with Crippen LogP contribution in [0.15, 0.2) is 33.1 Å². The minimum atomic E-state index is -3.49. The lowest BCUT2D eigenvalue weighted by molar-refractivity contribution is 0.588. The molecule has 1 aromatic carbocycles. The van der Waals surface area contributed by atoms with Crippen LogP contribution in [0.1, 0.15) is 5.82 Å². The van der Waals surface area contributed by atoms with Gasteiger partial charge in [-0.1, -0.05) is 0 Å². The number of nitrogens with zero attached hydrogens (tertiary/aromatic N) is 2. The number of sulfonamides is 1. The molecule has 7 nitrogen and oxygen atoms in total. The number of nitrogens with one attached hydrogen (secondary N) is 2. The quantitative estimate of drug-likeness (QED) is 0.718. The van der Waals surface area contributed by atoms with Crippen molar-refractivity contribution >= 4 is 27.5 Å². The largest absolute Gasteiger partial charge is 0.398 e. The monoisotopic (exact) mass is 299 g/mol. The molecule has 102 valence electrons. The highest BCUT2D eigenvalue weighted by molar-refractivity contribution is 7.99. The van der Waals surface area contributed by atoms with Crippen molar-refractivity contribution in [2.75, 3.05) is 12.8 Å². The summed E-state index contributed by atoms with van der Waals surface area (Å²) in [5.74, 6) is 0.681. The van der Waals surface area contributed by atoms with E-state index in [1.165, 1.54) is 30.9 Å². The number of hydrogen-bond acceptors (Lipinski definition) is 6. The summed E-state index contributed by atoms with van der Waals surface area (Å²) in [6.45, 7) is 1.78. The number of nitrogen functional groups attached to an aromatic ring is 1. The first kappa shape index (κ1) is 13.8. The van der Waals surface area contributed by atoms with Gasteiger partial charge in [-0.25, -0.2) is 18.1 Å². The highest BCUT2D eigenvalue weighted by atomic mass is 32.2. The van der Waals surface area contributed by atoms with Crippen LogP contribution < -0.4 is 10.5 Å². The summed E-state index contributed by atoms with van der Waals surface area (Å²) >= 11 is 1.21. The van der Waals surface area contributed by atoms with E-state index in [-0.39, 0.29) is 4.90 Å². The topological polar surface area (TPSA) is 114 Å². The zero-order chi connectivity index (χ0) is 14.0. The maximum Gasteiger partial charge on any atom is 0.240 e. The molecule has 1 heterocycles. The Hall–Kier alpha value is -1.58. The Morgan fingerprint density at radius 1 is 1.42 bits per heavy atom. The third-order valence-electron chi connectivity index (χ3n) is 2.34. The first-order valence-corrected chi connectivity index (χ1v) is 7.62. The van der Waals surface area contributed by atoms with E-state index in [9.17, 15) is 8.42 Å². The summed E-state index contributed by atoms with van der Waals surface area (Å²) in [4.78, 5) is 4.88. The van der Waals surface area contributed by atoms with Gasteiger partial charge in [0.1, 0.15) is 5.82 Å². The summed E-state index contributed by atoms with van der Waals surface area (Å²) in [6.07, 6.45) is 0. The molecule has 0 atom stereocenters. The maximum atomic E-state index is 11.7. The molecule has 9 heteroatoms. The number of benzene rings is 1. The lowest BCUT2D eigenvalue weighted by Gasteiger charge is -2.07. The van der Waals surface area contributed by atoms with E-state index >= 15 is 0 Å². The second-order valence-corrected chi connectivity index (χ2v) is 6.61. The maximum absolute atomic E-state index is 11.7. The molecule has 2 rings (SSSR count). The van der Waals surface area contributed by atoms with Crippen molar-refractivity contribution in [3.63, 3.8) is 0 Å². The van der Waals surface area contributed by atoms with Gasteiger partial charge in [0.2, 0.25) is 15.2 Å². The molecule has 0 aliphatic carbocycles. The van der Waals surface area contributed by atoms with Crippen molar-refractivity contribution in [2.45, 2.75) is 21.9 Å².